The SMILES string of the molecule is O=C1NC2(CCNCC2)Nc2cc(F)c(F)cc21. The monoisotopic (exact) mass is 253 g/mol. The fraction of sp³-hybridized carbons (Fsp3) is 0.417. The van der Waals surface area contributed by atoms with E-state index in [0.717, 1.165) is 25.2 Å². The molecule has 0 saturated carbocycles. The van der Waals surface area contributed by atoms with Crippen LogP contribution in [0.3, 0.4) is 0 Å². The zero-order valence-electron chi connectivity index (χ0n) is 9.65. The Kier molecular flexibility index (Phi) is 2.48. The number of carbonyl (C=O) groups excluding carboxylic acids is 1. The van der Waals surface area contributed by atoms with Gasteiger partial charge >= 0.3 is 0 Å². The van der Waals surface area contributed by atoms with E-state index < -0.39 is 17.3 Å². The third kappa shape index (κ3) is 1.73. The number of piperidine rings is 1. The average Bonchev–Trinajstić information content (AvgIpc) is 2.33. The van der Waals surface area contributed by atoms with E-state index in [9.17, 15) is 13.6 Å². The molecule has 2 aliphatic rings. The van der Waals surface area contributed by atoms with Crippen LogP contribution in [-0.4, -0.2) is 24.7 Å². The van der Waals surface area contributed by atoms with Gasteiger partial charge in [0.05, 0.1) is 11.3 Å². The molecule has 0 radical (unpaired) electrons. The summed E-state index contributed by atoms with van der Waals surface area (Å²) >= 11 is 0. The van der Waals surface area contributed by atoms with E-state index in [0.29, 0.717) is 18.5 Å². The van der Waals surface area contributed by atoms with Gasteiger partial charge in [-0.15, -0.1) is 0 Å². The number of halogens is 2. The van der Waals surface area contributed by atoms with Gasteiger partial charge in [-0.3, -0.25) is 4.79 Å². The van der Waals surface area contributed by atoms with Crippen LogP contribution in [0.2, 0.25) is 0 Å². The van der Waals surface area contributed by atoms with Crippen molar-refractivity contribution in [2.75, 3.05) is 18.4 Å². The summed E-state index contributed by atoms with van der Waals surface area (Å²) in [4.78, 5) is 12.0. The first-order valence-electron chi connectivity index (χ1n) is 5.90. The second-order valence-electron chi connectivity index (χ2n) is 4.72. The van der Waals surface area contributed by atoms with E-state index in [1.54, 1.807) is 0 Å². The molecule has 1 fully saturated rings. The van der Waals surface area contributed by atoms with Crippen LogP contribution < -0.4 is 16.0 Å². The van der Waals surface area contributed by atoms with Gasteiger partial charge in [0.15, 0.2) is 11.6 Å². The minimum Gasteiger partial charge on any atom is -0.362 e. The minimum atomic E-state index is -1.01. The van der Waals surface area contributed by atoms with Gasteiger partial charge in [-0.25, -0.2) is 8.78 Å². The number of hydrogen-bond donors (Lipinski definition) is 3. The molecule has 96 valence electrons. The molecule has 0 bridgehead atoms. The van der Waals surface area contributed by atoms with Crippen LogP contribution in [0, 0.1) is 11.6 Å². The largest absolute Gasteiger partial charge is 0.362 e. The van der Waals surface area contributed by atoms with E-state index in [2.05, 4.69) is 16.0 Å². The predicted octanol–water partition coefficient (Wildman–Crippen LogP) is 1.20. The fourth-order valence-electron chi connectivity index (χ4n) is 2.52. The Morgan fingerprint density at radius 1 is 1.06 bits per heavy atom. The summed E-state index contributed by atoms with van der Waals surface area (Å²) in [7, 11) is 0. The molecule has 3 rings (SSSR count). The Morgan fingerprint density at radius 2 is 1.72 bits per heavy atom. The van der Waals surface area contributed by atoms with Gasteiger partial charge in [-0.05, 0) is 19.2 Å². The molecule has 4 nitrogen and oxygen atoms in total. The molecule has 0 aliphatic carbocycles. The second-order valence-corrected chi connectivity index (χ2v) is 4.72. The molecule has 2 aliphatic heterocycles. The maximum atomic E-state index is 13.2. The fourth-order valence-corrected chi connectivity index (χ4v) is 2.52. The Balaban J connectivity index is 2.01. The van der Waals surface area contributed by atoms with Crippen LogP contribution in [0.1, 0.15) is 23.2 Å². The molecule has 1 saturated heterocycles. The van der Waals surface area contributed by atoms with Crippen molar-refractivity contribution in [2.24, 2.45) is 0 Å². The van der Waals surface area contributed by atoms with Crippen molar-refractivity contribution < 1.29 is 13.6 Å². The zero-order valence-corrected chi connectivity index (χ0v) is 9.65. The number of anilines is 1. The van der Waals surface area contributed by atoms with Crippen molar-refractivity contribution in [1.29, 1.82) is 0 Å². The van der Waals surface area contributed by atoms with Crippen LogP contribution in [-0.2, 0) is 0 Å². The van der Waals surface area contributed by atoms with E-state index in [4.69, 9.17) is 0 Å². The Hall–Kier alpha value is -1.69. The molecular weight excluding hydrogens is 240 g/mol. The second kappa shape index (κ2) is 3.91. The molecule has 18 heavy (non-hydrogen) atoms. The van der Waals surface area contributed by atoms with Gasteiger partial charge in [0.1, 0.15) is 5.66 Å². The molecule has 1 amide bonds. The molecular formula is C12H13F2N3O. The maximum absolute atomic E-state index is 13.2. The third-order valence-electron chi connectivity index (χ3n) is 3.49. The van der Waals surface area contributed by atoms with Crippen molar-refractivity contribution >= 4 is 11.6 Å². The smallest absolute Gasteiger partial charge is 0.255 e. The van der Waals surface area contributed by atoms with Crippen LogP contribution in [0.25, 0.3) is 0 Å². The summed E-state index contributed by atoms with van der Waals surface area (Å²) in [5.74, 6) is -2.31. The first-order valence-corrected chi connectivity index (χ1v) is 5.90. The molecule has 6 heteroatoms. The molecule has 0 atom stereocenters. The molecule has 0 aromatic heterocycles. The highest BCUT2D eigenvalue weighted by atomic mass is 19.2. The van der Waals surface area contributed by atoms with E-state index in [1.165, 1.54) is 0 Å². The van der Waals surface area contributed by atoms with Crippen molar-refractivity contribution in [3.63, 3.8) is 0 Å². The van der Waals surface area contributed by atoms with Crippen LogP contribution >= 0.6 is 0 Å². The standard InChI is InChI=1S/C12H13F2N3O/c13-8-5-7-10(6-9(8)14)16-12(17-11(7)18)1-3-15-4-2-12/h5-6,15-16H,1-4H2,(H,17,18). The molecule has 1 spiro atoms. The van der Waals surface area contributed by atoms with Crippen molar-refractivity contribution in [3.05, 3.63) is 29.3 Å². The molecule has 1 aromatic carbocycles. The minimum absolute atomic E-state index is 0.151. The number of benzene rings is 1. The summed E-state index contributed by atoms with van der Waals surface area (Å²) in [5.41, 5.74) is -0.0304. The number of rotatable bonds is 0. The topological polar surface area (TPSA) is 53.2 Å². The molecule has 0 unspecified atom stereocenters. The predicted molar refractivity (Wildman–Crippen MR) is 62.3 cm³/mol. The number of carbonyl (C=O) groups is 1. The Labute approximate surface area is 103 Å². The van der Waals surface area contributed by atoms with Crippen LogP contribution in [0.5, 0.6) is 0 Å². The van der Waals surface area contributed by atoms with E-state index in [1.807, 2.05) is 0 Å². The number of hydrogen-bond acceptors (Lipinski definition) is 3. The first kappa shape index (κ1) is 11.4. The third-order valence-corrected chi connectivity index (χ3v) is 3.49. The lowest BCUT2D eigenvalue weighted by atomic mass is 9.93. The van der Waals surface area contributed by atoms with Crippen LogP contribution in [0.15, 0.2) is 12.1 Å². The van der Waals surface area contributed by atoms with E-state index >= 15 is 0 Å². The highest BCUT2D eigenvalue weighted by molar-refractivity contribution is 6.02. The normalized spacial score (nSPS) is 21.1. The quantitative estimate of drug-likeness (QED) is 0.651. The van der Waals surface area contributed by atoms with Crippen molar-refractivity contribution in [1.82, 2.24) is 10.6 Å². The zero-order chi connectivity index (χ0) is 12.8. The van der Waals surface area contributed by atoms with Gasteiger partial charge in [0.25, 0.3) is 5.91 Å². The summed E-state index contributed by atoms with van der Waals surface area (Å²) < 4.78 is 26.4. The summed E-state index contributed by atoms with van der Waals surface area (Å²) in [6.45, 7) is 1.54. The summed E-state index contributed by atoms with van der Waals surface area (Å²) in [5, 5.41) is 9.18. The summed E-state index contributed by atoms with van der Waals surface area (Å²) in [6, 6.07) is 1.98. The van der Waals surface area contributed by atoms with Crippen molar-refractivity contribution in [3.8, 4) is 0 Å². The number of amides is 1. The van der Waals surface area contributed by atoms with Crippen LogP contribution in [0.4, 0.5) is 14.5 Å². The lowest BCUT2D eigenvalue weighted by Gasteiger charge is -2.43. The molecule has 3 N–H and O–H groups in total. The van der Waals surface area contributed by atoms with Gasteiger partial charge in [0.2, 0.25) is 0 Å². The maximum Gasteiger partial charge on any atom is 0.255 e. The van der Waals surface area contributed by atoms with Gasteiger partial charge in [-0.2, -0.15) is 0 Å². The Morgan fingerprint density at radius 3 is 2.44 bits per heavy atom. The highest BCUT2D eigenvalue weighted by Gasteiger charge is 2.38. The lowest BCUT2D eigenvalue weighted by Crippen LogP contribution is -2.61. The van der Waals surface area contributed by atoms with Crippen molar-refractivity contribution in [2.45, 2.75) is 18.5 Å². The molecule has 1 aromatic rings. The average molecular weight is 253 g/mol. The number of nitrogens with one attached hydrogen (secondary N) is 3. The summed E-state index contributed by atoms with van der Waals surface area (Å²) in [6.07, 6.45) is 1.41. The van der Waals surface area contributed by atoms with Gasteiger partial charge in [0, 0.05) is 18.9 Å². The highest BCUT2D eigenvalue weighted by Crippen LogP contribution is 2.31. The first-order chi connectivity index (χ1) is 8.60. The lowest BCUT2D eigenvalue weighted by molar-refractivity contribution is 0.0880. The van der Waals surface area contributed by atoms with Gasteiger partial charge < -0.3 is 16.0 Å². The van der Waals surface area contributed by atoms with Gasteiger partial charge in [-0.1, -0.05) is 0 Å². The number of fused-ring (bicyclic) bond motifs is 1. The molecule has 2 heterocycles. The Bertz CT molecular complexity index is 512. The van der Waals surface area contributed by atoms with E-state index in [-0.39, 0.29) is 11.5 Å².